The molecule has 0 amide bonds. The van der Waals surface area contributed by atoms with Gasteiger partial charge in [0.2, 0.25) is 0 Å². The molecule has 0 fully saturated rings. The molecule has 0 aliphatic carbocycles. The quantitative estimate of drug-likeness (QED) is 0.560. The van der Waals surface area contributed by atoms with Crippen molar-refractivity contribution in [2.45, 2.75) is 18.0 Å². The highest BCUT2D eigenvalue weighted by Crippen LogP contribution is 2.38. The van der Waals surface area contributed by atoms with Crippen molar-refractivity contribution in [3.8, 4) is 0 Å². The van der Waals surface area contributed by atoms with E-state index in [0.717, 1.165) is 6.07 Å². The van der Waals surface area contributed by atoms with Crippen molar-refractivity contribution in [1.29, 1.82) is 0 Å². The van der Waals surface area contributed by atoms with Gasteiger partial charge in [0.15, 0.2) is 0 Å². The maximum Gasteiger partial charge on any atom is 0.454 e. The summed E-state index contributed by atoms with van der Waals surface area (Å²) in [7, 11) is 0. The first-order valence-electron chi connectivity index (χ1n) is 5.81. The second kappa shape index (κ2) is 5.66. The van der Waals surface area contributed by atoms with Gasteiger partial charge in [0.1, 0.15) is 0 Å². The Bertz CT molecular complexity index is 667. The minimum absolute atomic E-state index is 0.147. The molecule has 0 bridgehead atoms. The molecule has 0 aliphatic rings. The number of Topliss-reactive ketones (excluding diaryl/α,β-unsaturated/α-hetero) is 1. The summed E-state index contributed by atoms with van der Waals surface area (Å²) in [5, 5.41) is 1.36. The lowest BCUT2D eigenvalue weighted by atomic mass is 10.0. The average Bonchev–Trinajstić information content (AvgIpc) is 2.40. The van der Waals surface area contributed by atoms with Crippen LogP contribution in [0, 0.1) is 0 Å². The topological polar surface area (TPSA) is 17.1 Å². The molecule has 2 rings (SSSR count). The molecule has 6 heteroatoms. The van der Waals surface area contributed by atoms with Crippen LogP contribution in [0.15, 0.2) is 35.2 Å². The Morgan fingerprint density at radius 3 is 2.40 bits per heavy atom. The Morgan fingerprint density at radius 1 is 1.25 bits per heavy atom. The molecule has 0 aliphatic heterocycles. The van der Waals surface area contributed by atoms with Crippen LogP contribution in [-0.2, 0) is 0 Å². The van der Waals surface area contributed by atoms with Crippen LogP contribution < -0.4 is 0 Å². The van der Waals surface area contributed by atoms with E-state index in [9.17, 15) is 18.0 Å². The highest BCUT2D eigenvalue weighted by atomic mass is 35.5. The van der Waals surface area contributed by atoms with E-state index >= 15 is 0 Å². The number of hydrogen-bond acceptors (Lipinski definition) is 2. The number of carbonyl (C=O) groups excluding carboxylic acids is 1. The third-order valence-electron chi connectivity index (χ3n) is 2.74. The zero-order valence-electron chi connectivity index (χ0n) is 10.4. The molecule has 0 unspecified atom stereocenters. The van der Waals surface area contributed by atoms with Crippen molar-refractivity contribution in [3.05, 3.63) is 40.9 Å². The number of carbonyl (C=O) groups is 1. The Balaban J connectivity index is 2.77. The van der Waals surface area contributed by atoms with Crippen molar-refractivity contribution >= 4 is 39.9 Å². The highest BCUT2D eigenvalue weighted by molar-refractivity contribution is 7.99. The molecule has 0 radical (unpaired) electrons. The number of fused-ring (bicyclic) bond motifs is 1. The van der Waals surface area contributed by atoms with Crippen molar-refractivity contribution < 1.29 is 18.0 Å². The largest absolute Gasteiger partial charge is 0.454 e. The summed E-state index contributed by atoms with van der Waals surface area (Å²) < 4.78 is 38.1. The van der Waals surface area contributed by atoms with Gasteiger partial charge in [-0.05, 0) is 17.2 Å². The highest BCUT2D eigenvalue weighted by Gasteiger charge is 2.41. The minimum atomic E-state index is -4.91. The van der Waals surface area contributed by atoms with Gasteiger partial charge in [-0.3, -0.25) is 4.79 Å². The van der Waals surface area contributed by atoms with E-state index in [1.54, 1.807) is 24.3 Å². The fourth-order valence-electron chi connectivity index (χ4n) is 1.93. The normalized spacial score (nSPS) is 11.8. The fourth-order valence-corrected chi connectivity index (χ4v) is 3.13. The molecule has 0 N–H and O–H groups in total. The smallest absolute Gasteiger partial charge is 0.284 e. The van der Waals surface area contributed by atoms with E-state index in [4.69, 9.17) is 11.6 Å². The molecule has 1 nitrogen and oxygen atoms in total. The summed E-state index contributed by atoms with van der Waals surface area (Å²) in [4.78, 5) is 11.9. The number of alkyl halides is 3. The van der Waals surface area contributed by atoms with Crippen molar-refractivity contribution in [2.24, 2.45) is 0 Å². The number of thioether (sulfide) groups is 1. The van der Waals surface area contributed by atoms with Crippen molar-refractivity contribution in [2.75, 3.05) is 5.75 Å². The number of benzene rings is 2. The molecule has 0 atom stereocenters. The second-order valence-corrected chi connectivity index (χ2v) is 5.72. The van der Waals surface area contributed by atoms with Gasteiger partial charge in [0, 0.05) is 20.9 Å². The Morgan fingerprint density at radius 2 is 1.85 bits per heavy atom. The van der Waals surface area contributed by atoms with Crippen LogP contribution in [-0.4, -0.2) is 17.7 Å². The van der Waals surface area contributed by atoms with Gasteiger partial charge in [-0.2, -0.15) is 13.2 Å². The van der Waals surface area contributed by atoms with Crippen LogP contribution in [0.3, 0.4) is 0 Å². The van der Waals surface area contributed by atoms with E-state index in [-0.39, 0.29) is 10.6 Å². The number of ketones is 1. The standard InChI is InChI=1S/C14H10ClF3OS/c1-2-20-12-9-6-4-3-5-8(9)11(15)7-10(12)13(19)14(16,17)18/h3-7H,2H2,1H3. The molecule has 20 heavy (non-hydrogen) atoms. The third-order valence-corrected chi connectivity index (χ3v) is 4.07. The lowest BCUT2D eigenvalue weighted by Gasteiger charge is -2.14. The molecule has 2 aromatic carbocycles. The Hall–Kier alpha value is -1.20. The van der Waals surface area contributed by atoms with Gasteiger partial charge in [-0.1, -0.05) is 42.8 Å². The molecular formula is C14H10ClF3OS. The minimum Gasteiger partial charge on any atom is -0.284 e. The van der Waals surface area contributed by atoms with Gasteiger partial charge in [0.25, 0.3) is 5.78 Å². The molecular weight excluding hydrogens is 309 g/mol. The summed E-state index contributed by atoms with van der Waals surface area (Å²) in [5.41, 5.74) is -0.381. The van der Waals surface area contributed by atoms with E-state index in [1.165, 1.54) is 11.8 Å². The first kappa shape index (κ1) is 15.2. The number of hydrogen-bond donors (Lipinski definition) is 0. The molecule has 2 aromatic rings. The number of rotatable bonds is 3. The predicted molar refractivity (Wildman–Crippen MR) is 75.7 cm³/mol. The fraction of sp³-hybridized carbons (Fsp3) is 0.214. The summed E-state index contributed by atoms with van der Waals surface area (Å²) in [5.74, 6) is -1.30. The molecule has 0 aromatic heterocycles. The number of halogens is 4. The summed E-state index contributed by atoms with van der Waals surface area (Å²) in [6.45, 7) is 1.82. The van der Waals surface area contributed by atoms with Crippen molar-refractivity contribution in [1.82, 2.24) is 0 Å². The summed E-state index contributed by atoms with van der Waals surface area (Å²) in [6, 6.07) is 7.96. The molecule has 0 saturated heterocycles. The van der Waals surface area contributed by atoms with Gasteiger partial charge < -0.3 is 0 Å². The van der Waals surface area contributed by atoms with Crippen molar-refractivity contribution in [3.63, 3.8) is 0 Å². The Labute approximate surface area is 123 Å². The zero-order chi connectivity index (χ0) is 14.9. The molecule has 106 valence electrons. The zero-order valence-corrected chi connectivity index (χ0v) is 12.0. The van der Waals surface area contributed by atoms with E-state index in [0.29, 0.717) is 21.4 Å². The summed E-state index contributed by atoms with van der Waals surface area (Å²) in [6.07, 6.45) is -4.91. The SMILES string of the molecule is CCSc1c(C(=O)C(F)(F)F)cc(Cl)c2ccccc12. The van der Waals surface area contributed by atoms with Gasteiger partial charge in [0.05, 0.1) is 0 Å². The first-order chi connectivity index (χ1) is 9.36. The monoisotopic (exact) mass is 318 g/mol. The van der Waals surface area contributed by atoms with Crippen LogP contribution in [0.5, 0.6) is 0 Å². The van der Waals surface area contributed by atoms with E-state index < -0.39 is 12.0 Å². The van der Waals surface area contributed by atoms with Crippen LogP contribution in [0.4, 0.5) is 13.2 Å². The Kier molecular flexibility index (Phi) is 4.30. The lowest BCUT2D eigenvalue weighted by Crippen LogP contribution is -2.23. The first-order valence-corrected chi connectivity index (χ1v) is 7.18. The molecule has 0 spiro atoms. The lowest BCUT2D eigenvalue weighted by molar-refractivity contribution is -0.0886. The third kappa shape index (κ3) is 2.79. The van der Waals surface area contributed by atoms with Crippen LogP contribution >= 0.6 is 23.4 Å². The van der Waals surface area contributed by atoms with E-state index in [1.807, 2.05) is 6.92 Å². The predicted octanol–water partition coefficient (Wildman–Crippen LogP) is 5.35. The maximum atomic E-state index is 12.7. The van der Waals surface area contributed by atoms with Gasteiger partial charge in [-0.25, -0.2) is 0 Å². The van der Waals surface area contributed by atoms with Gasteiger partial charge >= 0.3 is 6.18 Å². The van der Waals surface area contributed by atoms with Crippen LogP contribution in [0.1, 0.15) is 17.3 Å². The van der Waals surface area contributed by atoms with Crippen LogP contribution in [0.2, 0.25) is 5.02 Å². The molecule has 0 heterocycles. The van der Waals surface area contributed by atoms with Gasteiger partial charge in [-0.15, -0.1) is 11.8 Å². The maximum absolute atomic E-state index is 12.7. The summed E-state index contributed by atoms with van der Waals surface area (Å²) >= 11 is 7.20. The molecule has 0 saturated carbocycles. The second-order valence-electron chi connectivity index (χ2n) is 4.04. The van der Waals surface area contributed by atoms with Crippen LogP contribution in [0.25, 0.3) is 10.8 Å². The average molecular weight is 319 g/mol. The van der Waals surface area contributed by atoms with E-state index in [2.05, 4.69) is 0 Å².